The first kappa shape index (κ1) is 25.8. The lowest BCUT2D eigenvalue weighted by Crippen LogP contribution is -2.38. The molecule has 0 atom stereocenters. The van der Waals surface area contributed by atoms with Crippen LogP contribution in [-0.2, 0) is 24.4 Å². The number of guanidine groups is 1. The highest BCUT2D eigenvalue weighted by Crippen LogP contribution is 2.25. The summed E-state index contributed by atoms with van der Waals surface area (Å²) in [5.41, 5.74) is 3.38. The molecule has 1 amide bonds. The Morgan fingerprint density at radius 3 is 2.50 bits per heavy atom. The lowest BCUT2D eigenvalue weighted by Gasteiger charge is -2.24. The minimum atomic E-state index is 0. The number of amides is 1. The maximum Gasteiger partial charge on any atom is 0.222 e. The van der Waals surface area contributed by atoms with Gasteiger partial charge in [0.1, 0.15) is 11.5 Å². The molecule has 0 aliphatic carbocycles. The molecule has 2 aromatic rings. The van der Waals surface area contributed by atoms with E-state index in [2.05, 4.69) is 27.3 Å². The van der Waals surface area contributed by atoms with Crippen LogP contribution in [0.4, 0.5) is 0 Å². The van der Waals surface area contributed by atoms with Gasteiger partial charge in [-0.3, -0.25) is 9.79 Å². The van der Waals surface area contributed by atoms with Gasteiger partial charge in [0.05, 0.1) is 14.2 Å². The van der Waals surface area contributed by atoms with Crippen LogP contribution in [0.1, 0.15) is 29.5 Å². The summed E-state index contributed by atoms with van der Waals surface area (Å²) in [5.74, 6) is 2.57. The maximum atomic E-state index is 12.0. The predicted octanol–water partition coefficient (Wildman–Crippen LogP) is 3.65. The van der Waals surface area contributed by atoms with Crippen molar-refractivity contribution in [1.29, 1.82) is 0 Å². The first-order valence-electron chi connectivity index (χ1n) is 10.5. The van der Waals surface area contributed by atoms with Gasteiger partial charge in [-0.1, -0.05) is 24.3 Å². The van der Waals surface area contributed by atoms with Gasteiger partial charge in [-0.2, -0.15) is 0 Å². The Balaban J connectivity index is 0.00000363. The Morgan fingerprint density at radius 1 is 1.12 bits per heavy atom. The number of hydrogen-bond acceptors (Lipinski definition) is 4. The lowest BCUT2D eigenvalue weighted by molar-refractivity contribution is -0.128. The predicted molar refractivity (Wildman–Crippen MR) is 138 cm³/mol. The van der Waals surface area contributed by atoms with Crippen molar-refractivity contribution in [3.63, 3.8) is 0 Å². The third-order valence-electron chi connectivity index (χ3n) is 5.56. The monoisotopic (exact) mass is 552 g/mol. The van der Waals surface area contributed by atoms with E-state index in [1.54, 1.807) is 21.3 Å². The second kappa shape index (κ2) is 12.5. The molecule has 3 rings (SSSR count). The van der Waals surface area contributed by atoms with Gasteiger partial charge in [0.15, 0.2) is 5.96 Å². The topological polar surface area (TPSA) is 66.4 Å². The zero-order valence-corrected chi connectivity index (χ0v) is 21.6. The van der Waals surface area contributed by atoms with Crippen molar-refractivity contribution >= 4 is 35.8 Å². The van der Waals surface area contributed by atoms with E-state index in [4.69, 9.17) is 9.47 Å². The van der Waals surface area contributed by atoms with Crippen LogP contribution < -0.4 is 14.8 Å². The summed E-state index contributed by atoms with van der Waals surface area (Å²) in [6.45, 7) is 2.77. The molecular formula is C24H33IN4O3. The summed E-state index contributed by atoms with van der Waals surface area (Å²) in [6, 6.07) is 14.1. The number of nitrogens with one attached hydrogen (secondary N) is 1. The highest BCUT2D eigenvalue weighted by Gasteiger charge is 2.21. The lowest BCUT2D eigenvalue weighted by atomic mass is 10.1. The molecule has 174 valence electrons. The average molecular weight is 552 g/mol. The van der Waals surface area contributed by atoms with Crippen LogP contribution in [0.5, 0.6) is 11.5 Å². The molecule has 1 heterocycles. The van der Waals surface area contributed by atoms with Crippen LogP contribution in [0.2, 0.25) is 0 Å². The van der Waals surface area contributed by atoms with E-state index < -0.39 is 0 Å². The van der Waals surface area contributed by atoms with Crippen LogP contribution in [0.25, 0.3) is 0 Å². The SMILES string of the molecule is CN=C(NCc1ccccc1CN1CCCC1=O)N(C)Cc1ccc(OC)cc1OC.I. The average Bonchev–Trinajstić information content (AvgIpc) is 3.19. The highest BCUT2D eigenvalue weighted by atomic mass is 127. The van der Waals surface area contributed by atoms with Gasteiger partial charge in [0.2, 0.25) is 5.91 Å². The van der Waals surface area contributed by atoms with Crippen molar-refractivity contribution in [2.24, 2.45) is 4.99 Å². The number of benzene rings is 2. The second-order valence-electron chi connectivity index (χ2n) is 7.62. The first-order valence-corrected chi connectivity index (χ1v) is 10.5. The molecule has 32 heavy (non-hydrogen) atoms. The number of nitrogens with zero attached hydrogens (tertiary/aromatic N) is 3. The van der Waals surface area contributed by atoms with Gasteiger partial charge < -0.3 is 24.6 Å². The number of likely N-dealkylation sites (tertiary alicyclic amines) is 1. The van der Waals surface area contributed by atoms with Crippen LogP contribution in [0, 0.1) is 0 Å². The van der Waals surface area contributed by atoms with Gasteiger partial charge in [-0.15, -0.1) is 24.0 Å². The van der Waals surface area contributed by atoms with E-state index in [-0.39, 0.29) is 29.9 Å². The van der Waals surface area contributed by atoms with Gasteiger partial charge in [-0.25, -0.2) is 0 Å². The van der Waals surface area contributed by atoms with E-state index >= 15 is 0 Å². The molecule has 1 aliphatic rings. The van der Waals surface area contributed by atoms with Crippen molar-refractivity contribution < 1.29 is 14.3 Å². The fourth-order valence-corrected chi connectivity index (χ4v) is 3.83. The van der Waals surface area contributed by atoms with Crippen LogP contribution in [-0.4, -0.2) is 56.5 Å². The molecule has 8 heteroatoms. The second-order valence-corrected chi connectivity index (χ2v) is 7.62. The molecule has 1 fully saturated rings. The number of methoxy groups -OCH3 is 2. The minimum absolute atomic E-state index is 0. The van der Waals surface area contributed by atoms with E-state index in [1.807, 2.05) is 42.3 Å². The van der Waals surface area contributed by atoms with E-state index in [9.17, 15) is 4.79 Å². The Kier molecular flexibility index (Phi) is 10.1. The normalized spacial score (nSPS) is 13.6. The standard InChI is InChI=1S/C24H32N4O3.HI/c1-25-24(27(2)16-20-11-12-21(30-3)14-22(20)31-4)26-15-18-8-5-6-9-19(18)17-28-13-7-10-23(28)29;/h5-6,8-9,11-12,14H,7,10,13,15-17H2,1-4H3,(H,25,26);1H. The minimum Gasteiger partial charge on any atom is -0.497 e. The first-order chi connectivity index (χ1) is 15.0. The molecule has 0 aromatic heterocycles. The Labute approximate surface area is 207 Å². The zero-order chi connectivity index (χ0) is 22.2. The van der Waals surface area contributed by atoms with E-state index in [0.29, 0.717) is 26.1 Å². The van der Waals surface area contributed by atoms with Gasteiger partial charge in [0, 0.05) is 58.3 Å². The molecule has 0 unspecified atom stereocenters. The summed E-state index contributed by atoms with van der Waals surface area (Å²) >= 11 is 0. The van der Waals surface area contributed by atoms with Crippen molar-refractivity contribution in [1.82, 2.24) is 15.1 Å². The molecule has 0 radical (unpaired) electrons. The molecule has 0 spiro atoms. The summed E-state index contributed by atoms with van der Waals surface area (Å²) in [6.07, 6.45) is 1.61. The van der Waals surface area contributed by atoms with Crippen LogP contribution >= 0.6 is 24.0 Å². The van der Waals surface area contributed by atoms with Crippen LogP contribution in [0.15, 0.2) is 47.5 Å². The molecular weight excluding hydrogens is 519 g/mol. The van der Waals surface area contributed by atoms with Crippen molar-refractivity contribution in [3.8, 4) is 11.5 Å². The third-order valence-corrected chi connectivity index (χ3v) is 5.56. The number of ether oxygens (including phenoxy) is 2. The molecule has 1 saturated heterocycles. The van der Waals surface area contributed by atoms with Gasteiger partial charge in [-0.05, 0) is 29.7 Å². The van der Waals surface area contributed by atoms with Crippen molar-refractivity contribution in [2.45, 2.75) is 32.5 Å². The third kappa shape index (κ3) is 6.51. The maximum absolute atomic E-state index is 12.0. The van der Waals surface area contributed by atoms with Gasteiger partial charge >= 0.3 is 0 Å². The number of aliphatic imine (C=N–C) groups is 1. The summed E-state index contributed by atoms with van der Waals surface area (Å²) < 4.78 is 10.8. The van der Waals surface area contributed by atoms with Crippen molar-refractivity contribution in [2.75, 3.05) is 34.9 Å². The summed E-state index contributed by atoms with van der Waals surface area (Å²) in [5, 5.41) is 3.45. The molecule has 1 aliphatic heterocycles. The van der Waals surface area contributed by atoms with E-state index in [1.165, 1.54) is 11.1 Å². The molecule has 2 aromatic carbocycles. The van der Waals surface area contributed by atoms with Gasteiger partial charge in [0.25, 0.3) is 0 Å². The van der Waals surface area contributed by atoms with E-state index in [0.717, 1.165) is 36.0 Å². The highest BCUT2D eigenvalue weighted by molar-refractivity contribution is 14.0. The number of carbonyl (C=O) groups excluding carboxylic acids is 1. The molecule has 0 bridgehead atoms. The number of hydrogen-bond donors (Lipinski definition) is 1. The molecule has 0 saturated carbocycles. The zero-order valence-electron chi connectivity index (χ0n) is 19.3. The summed E-state index contributed by atoms with van der Waals surface area (Å²) in [7, 11) is 7.07. The number of rotatable bonds is 8. The fraction of sp³-hybridized carbons (Fsp3) is 0.417. The number of halogens is 1. The quantitative estimate of drug-likeness (QED) is 0.308. The van der Waals surface area contributed by atoms with Crippen LogP contribution in [0.3, 0.4) is 0 Å². The Morgan fingerprint density at radius 2 is 1.88 bits per heavy atom. The fourth-order valence-electron chi connectivity index (χ4n) is 3.83. The largest absolute Gasteiger partial charge is 0.497 e. The Hall–Kier alpha value is -2.49. The summed E-state index contributed by atoms with van der Waals surface area (Å²) in [4.78, 5) is 20.5. The number of carbonyl (C=O) groups is 1. The van der Waals surface area contributed by atoms with Crippen molar-refractivity contribution in [3.05, 3.63) is 59.2 Å². The molecule has 7 nitrogen and oxygen atoms in total. The Bertz CT molecular complexity index is 935. The smallest absolute Gasteiger partial charge is 0.222 e. The molecule has 1 N–H and O–H groups in total.